The van der Waals surface area contributed by atoms with E-state index in [1.807, 2.05) is 0 Å². The third kappa shape index (κ3) is 5.51. The van der Waals surface area contributed by atoms with Gasteiger partial charge in [-0.3, -0.25) is 0 Å². The van der Waals surface area contributed by atoms with Gasteiger partial charge in [-0.2, -0.15) is 0 Å². The van der Waals surface area contributed by atoms with Crippen molar-refractivity contribution in [1.82, 2.24) is 0 Å². The molecule has 0 aromatic heterocycles. The molecule has 2 aromatic carbocycles. The Morgan fingerprint density at radius 3 is 1.29 bits per heavy atom. The average Bonchev–Trinajstić information content (AvgIpc) is 3.26. The first-order valence-corrected chi connectivity index (χ1v) is 26.7. The van der Waals surface area contributed by atoms with Gasteiger partial charge in [0.2, 0.25) is 0 Å². The molecule has 4 bridgehead atoms. The maximum absolute atomic E-state index is 7.15. The third-order valence-electron chi connectivity index (χ3n) is 10.8. The summed E-state index contributed by atoms with van der Waals surface area (Å²) in [4.78, 5) is 0. The Morgan fingerprint density at radius 2 is 0.976 bits per heavy atom. The minimum atomic E-state index is -2.13. The van der Waals surface area contributed by atoms with Crippen molar-refractivity contribution in [3.63, 3.8) is 0 Å². The van der Waals surface area contributed by atoms with Crippen molar-refractivity contribution in [2.24, 2.45) is 0 Å². The van der Waals surface area contributed by atoms with E-state index in [-0.39, 0.29) is 34.9 Å². The van der Waals surface area contributed by atoms with E-state index in [0.29, 0.717) is 7.25 Å². The van der Waals surface area contributed by atoms with E-state index in [4.69, 9.17) is 8.85 Å². The summed E-state index contributed by atoms with van der Waals surface area (Å²) in [5, 5.41) is 3.64. The summed E-state index contributed by atoms with van der Waals surface area (Å²) in [6.45, 7) is 33.8. The molecule has 0 fully saturated rings. The number of halogens is 2. The molecular weight excluding hydrogens is 687 g/mol. The molecular formula is C34H50Cl2O2Si3Zr. The summed E-state index contributed by atoms with van der Waals surface area (Å²) in [6.07, 6.45) is 0. The van der Waals surface area contributed by atoms with Crippen LogP contribution in [0.25, 0.3) is 10.4 Å². The van der Waals surface area contributed by atoms with E-state index in [0.717, 1.165) is 11.5 Å². The number of benzene rings is 2. The zero-order valence-electron chi connectivity index (χ0n) is 28.2. The first-order valence-electron chi connectivity index (χ1n) is 15.0. The SMILES string of the molecule is CC1=C2c3c(O[Si](C)(C)C(C)(C)C)cccc3[CH]1[Zr+2][CH]1C(C)=C(c3c(O[Si](C)(C)C(C)(C)C)cccc31)[Si]2(C)C.[Cl-].[Cl-]. The van der Waals surface area contributed by atoms with E-state index < -0.39 is 47.9 Å². The molecule has 2 atom stereocenters. The van der Waals surface area contributed by atoms with Crippen molar-refractivity contribution in [2.45, 2.75) is 112 Å². The number of rotatable bonds is 4. The fraction of sp³-hybridized carbons (Fsp3) is 0.529. The van der Waals surface area contributed by atoms with E-state index in [1.54, 1.807) is 32.7 Å². The maximum atomic E-state index is 7.15. The Balaban J connectivity index is 0.00000242. The standard InChI is InChI=1S/C34H50O2Si3.2ClH.Zr/c1-23-21-25-17-15-19-27(35-38(11,12)33(3,4)5)29(25)31(23)37(9,10)32-24(2)22-26-18-16-20-28(30(26)32)36-39(13,14)34(6,7)8;;;/h15-22H,1-14H3;2*1H;/q;;;+2/p-2. The van der Waals surface area contributed by atoms with E-state index in [1.165, 1.54) is 11.1 Å². The molecule has 2 aromatic rings. The van der Waals surface area contributed by atoms with Crippen molar-refractivity contribution >= 4 is 35.1 Å². The summed E-state index contributed by atoms with van der Waals surface area (Å²) < 4.78 is 15.5. The maximum Gasteiger partial charge on any atom is -1.00 e. The van der Waals surface area contributed by atoms with Crippen LogP contribution in [0.2, 0.25) is 49.4 Å². The van der Waals surface area contributed by atoms with Gasteiger partial charge in [-0.1, -0.05) is 0 Å². The molecule has 2 nitrogen and oxygen atoms in total. The molecule has 0 amide bonds. The number of hydrogen-bond donors (Lipinski definition) is 0. The second-order valence-corrected chi connectivity index (χ2v) is 33.3. The molecule has 1 aliphatic heterocycles. The van der Waals surface area contributed by atoms with Gasteiger partial charge < -0.3 is 24.8 Å². The molecule has 0 spiro atoms. The normalized spacial score (nSPS) is 20.7. The Hall–Kier alpha value is -0.366. The molecule has 8 heteroatoms. The fourth-order valence-electron chi connectivity index (χ4n) is 6.62. The van der Waals surface area contributed by atoms with Crippen LogP contribution in [0.15, 0.2) is 47.5 Å². The van der Waals surface area contributed by atoms with Crippen LogP contribution in [0.5, 0.6) is 11.5 Å². The van der Waals surface area contributed by atoms with Gasteiger partial charge in [-0.05, 0) is 0 Å². The van der Waals surface area contributed by atoms with Crippen LogP contribution in [0.3, 0.4) is 0 Å². The Morgan fingerprint density at radius 1 is 0.643 bits per heavy atom. The van der Waals surface area contributed by atoms with Crippen molar-refractivity contribution in [3.8, 4) is 11.5 Å². The van der Waals surface area contributed by atoms with Crippen LogP contribution in [0.4, 0.5) is 0 Å². The Kier molecular flexibility index (Phi) is 9.85. The molecule has 42 heavy (non-hydrogen) atoms. The van der Waals surface area contributed by atoms with Gasteiger partial charge in [0.15, 0.2) is 0 Å². The number of hydrogen-bond acceptors (Lipinski definition) is 2. The van der Waals surface area contributed by atoms with Gasteiger partial charge in [-0.25, -0.2) is 0 Å². The van der Waals surface area contributed by atoms with Gasteiger partial charge in [0.25, 0.3) is 0 Å². The third-order valence-corrected chi connectivity index (χ3v) is 28.6. The summed E-state index contributed by atoms with van der Waals surface area (Å²) in [5.74, 6) is 2.31. The fourth-order valence-corrected chi connectivity index (χ4v) is 18.5. The van der Waals surface area contributed by atoms with Gasteiger partial charge in [0.05, 0.1) is 0 Å². The van der Waals surface area contributed by atoms with Gasteiger partial charge in [-0.15, -0.1) is 0 Å². The van der Waals surface area contributed by atoms with Crippen LogP contribution in [-0.2, 0) is 23.2 Å². The second-order valence-electron chi connectivity index (χ2n) is 15.9. The number of fused-ring (bicyclic) bond motifs is 8. The van der Waals surface area contributed by atoms with Crippen molar-refractivity contribution in [1.29, 1.82) is 0 Å². The van der Waals surface area contributed by atoms with E-state index in [9.17, 15) is 0 Å². The van der Waals surface area contributed by atoms with Gasteiger partial charge >= 0.3 is 260 Å². The van der Waals surface area contributed by atoms with Crippen LogP contribution in [0, 0.1) is 0 Å². The summed E-state index contributed by atoms with van der Waals surface area (Å²) in [5.41, 5.74) is 9.44. The van der Waals surface area contributed by atoms with Gasteiger partial charge in [0, 0.05) is 0 Å². The molecule has 0 radical (unpaired) electrons. The topological polar surface area (TPSA) is 18.5 Å². The largest absolute Gasteiger partial charge is 1.00 e. The van der Waals surface area contributed by atoms with E-state index in [2.05, 4.69) is 131 Å². The van der Waals surface area contributed by atoms with E-state index >= 15 is 0 Å². The molecule has 0 N–H and O–H groups in total. The molecule has 0 saturated carbocycles. The summed E-state index contributed by atoms with van der Waals surface area (Å²) in [6, 6.07) is 14.0. The predicted molar refractivity (Wildman–Crippen MR) is 177 cm³/mol. The Bertz CT molecular complexity index is 1350. The average molecular weight is 737 g/mol. The summed E-state index contributed by atoms with van der Waals surface area (Å²) >= 11 is -0.926. The number of allylic oxidation sites excluding steroid dienone is 2. The minimum absolute atomic E-state index is 0. The van der Waals surface area contributed by atoms with Gasteiger partial charge in [0.1, 0.15) is 0 Å². The zero-order chi connectivity index (χ0) is 29.8. The molecule has 228 valence electrons. The first kappa shape index (κ1) is 36.1. The molecule has 5 rings (SSSR count). The van der Waals surface area contributed by atoms with Crippen molar-refractivity contribution < 1.29 is 56.9 Å². The molecule has 0 saturated heterocycles. The molecule has 2 unspecified atom stereocenters. The second kappa shape index (κ2) is 11.5. The van der Waals surface area contributed by atoms with Crippen LogP contribution in [-0.4, -0.2) is 24.7 Å². The summed E-state index contributed by atoms with van der Waals surface area (Å²) in [7, 11) is -6.10. The minimum Gasteiger partial charge on any atom is -1.00 e. The quantitative estimate of drug-likeness (QED) is 0.425. The monoisotopic (exact) mass is 734 g/mol. The molecule has 1 heterocycles. The van der Waals surface area contributed by atoms with Crippen LogP contribution < -0.4 is 33.7 Å². The van der Waals surface area contributed by atoms with Crippen molar-refractivity contribution in [3.05, 3.63) is 69.8 Å². The van der Waals surface area contributed by atoms with Crippen molar-refractivity contribution in [2.75, 3.05) is 0 Å². The van der Waals surface area contributed by atoms with Crippen LogP contribution >= 0.6 is 0 Å². The smallest absolute Gasteiger partial charge is 1.00 e. The van der Waals surface area contributed by atoms with Crippen LogP contribution in [0.1, 0.15) is 84.9 Å². The molecule has 3 aliphatic rings. The predicted octanol–water partition coefficient (Wildman–Crippen LogP) is 4.70. The first-order chi connectivity index (χ1) is 18.2. The Labute approximate surface area is 283 Å². The molecule has 2 aliphatic carbocycles. The zero-order valence-corrected chi connectivity index (χ0v) is 35.2.